The molecule has 150 valence electrons. The number of likely N-dealkylation sites (tertiary alicyclic amines) is 1. The van der Waals surface area contributed by atoms with Gasteiger partial charge in [-0.3, -0.25) is 9.10 Å². The number of piperidine rings is 1. The first-order chi connectivity index (χ1) is 13.3. The number of sulfonamides is 1. The van der Waals surface area contributed by atoms with Gasteiger partial charge in [-0.15, -0.1) is 0 Å². The number of rotatable bonds is 5. The van der Waals surface area contributed by atoms with Gasteiger partial charge in [-0.2, -0.15) is 0 Å². The van der Waals surface area contributed by atoms with Crippen molar-refractivity contribution in [1.82, 2.24) is 4.90 Å². The molecule has 5 nitrogen and oxygen atoms in total. The quantitative estimate of drug-likeness (QED) is 0.689. The highest BCUT2D eigenvalue weighted by Crippen LogP contribution is 2.30. The summed E-state index contributed by atoms with van der Waals surface area (Å²) >= 11 is 12.1. The molecule has 8 heteroatoms. The van der Waals surface area contributed by atoms with Crippen LogP contribution in [-0.4, -0.2) is 38.9 Å². The van der Waals surface area contributed by atoms with E-state index < -0.39 is 10.0 Å². The molecule has 0 spiro atoms. The molecular weight excluding hydrogens is 419 g/mol. The molecule has 0 aliphatic carbocycles. The second kappa shape index (κ2) is 8.72. The Bertz CT molecular complexity index is 951. The van der Waals surface area contributed by atoms with Crippen LogP contribution in [0.5, 0.6) is 0 Å². The second-order valence-electron chi connectivity index (χ2n) is 7.01. The summed E-state index contributed by atoms with van der Waals surface area (Å²) in [6.45, 7) is 3.09. The summed E-state index contributed by atoms with van der Waals surface area (Å²) in [5.41, 5.74) is 0.302. The van der Waals surface area contributed by atoms with E-state index >= 15 is 0 Å². The predicted molar refractivity (Wildman–Crippen MR) is 112 cm³/mol. The molecule has 0 N–H and O–H groups in total. The number of amides is 1. The monoisotopic (exact) mass is 440 g/mol. The Hall–Kier alpha value is -1.76. The number of carbonyl (C=O) groups excluding carboxylic acids is 1. The average molecular weight is 441 g/mol. The Morgan fingerprint density at radius 2 is 1.86 bits per heavy atom. The van der Waals surface area contributed by atoms with Gasteiger partial charge < -0.3 is 4.90 Å². The Balaban J connectivity index is 1.97. The molecular formula is C20H22Cl2N2O3S. The lowest BCUT2D eigenvalue weighted by Crippen LogP contribution is -2.46. The fourth-order valence-corrected chi connectivity index (χ4v) is 5.03. The van der Waals surface area contributed by atoms with E-state index in [1.165, 1.54) is 24.3 Å². The first-order valence-corrected chi connectivity index (χ1v) is 11.3. The summed E-state index contributed by atoms with van der Waals surface area (Å²) in [5, 5.41) is 0.546. The van der Waals surface area contributed by atoms with Crippen molar-refractivity contribution in [3.05, 3.63) is 58.6 Å². The van der Waals surface area contributed by atoms with Gasteiger partial charge in [-0.25, -0.2) is 8.42 Å². The highest BCUT2D eigenvalue weighted by atomic mass is 35.5. The van der Waals surface area contributed by atoms with Gasteiger partial charge in [-0.1, -0.05) is 48.3 Å². The topological polar surface area (TPSA) is 57.7 Å². The summed E-state index contributed by atoms with van der Waals surface area (Å²) in [4.78, 5) is 14.8. The molecule has 1 saturated heterocycles. The zero-order chi connectivity index (χ0) is 20.3. The van der Waals surface area contributed by atoms with Crippen molar-refractivity contribution < 1.29 is 13.2 Å². The van der Waals surface area contributed by atoms with E-state index in [1.807, 2.05) is 0 Å². The Morgan fingerprint density at radius 3 is 2.50 bits per heavy atom. The number of halogens is 2. The minimum atomic E-state index is -3.95. The second-order valence-corrected chi connectivity index (χ2v) is 9.69. The van der Waals surface area contributed by atoms with E-state index in [-0.39, 0.29) is 22.4 Å². The number of carbonyl (C=O) groups is 1. The molecule has 1 amide bonds. The molecule has 0 unspecified atom stereocenters. The van der Waals surface area contributed by atoms with Crippen molar-refractivity contribution in [1.29, 1.82) is 0 Å². The average Bonchev–Trinajstić information content (AvgIpc) is 2.68. The third-order valence-electron chi connectivity index (χ3n) is 4.81. The molecule has 1 aliphatic rings. The molecule has 0 aromatic heterocycles. The van der Waals surface area contributed by atoms with Crippen molar-refractivity contribution in [2.75, 3.05) is 23.9 Å². The first kappa shape index (κ1) is 21.0. The van der Waals surface area contributed by atoms with Gasteiger partial charge >= 0.3 is 0 Å². The molecule has 1 atom stereocenters. The molecule has 1 fully saturated rings. The summed E-state index contributed by atoms with van der Waals surface area (Å²) in [7, 11) is -3.95. The van der Waals surface area contributed by atoms with E-state index in [0.29, 0.717) is 29.7 Å². The van der Waals surface area contributed by atoms with Crippen LogP contribution in [0.2, 0.25) is 10.0 Å². The highest BCUT2D eigenvalue weighted by Gasteiger charge is 2.30. The van der Waals surface area contributed by atoms with E-state index in [4.69, 9.17) is 23.2 Å². The summed E-state index contributed by atoms with van der Waals surface area (Å²) in [6, 6.07) is 12.6. The smallest absolute Gasteiger partial charge is 0.264 e. The SMILES string of the molecule is C[C@@H]1CCCN(C(=O)CN(c2ccc(Cl)c(Cl)c2)S(=O)(=O)c2ccccc2)C1. The van der Waals surface area contributed by atoms with Crippen LogP contribution in [0.4, 0.5) is 5.69 Å². The largest absolute Gasteiger partial charge is 0.341 e. The lowest BCUT2D eigenvalue weighted by Gasteiger charge is -2.33. The molecule has 28 heavy (non-hydrogen) atoms. The molecule has 3 rings (SSSR count). The number of hydrogen-bond donors (Lipinski definition) is 0. The van der Waals surface area contributed by atoms with Gasteiger partial charge in [0, 0.05) is 13.1 Å². The molecule has 0 radical (unpaired) electrons. The minimum Gasteiger partial charge on any atom is -0.341 e. The molecule has 1 aliphatic heterocycles. The van der Waals surface area contributed by atoms with Crippen LogP contribution in [0.1, 0.15) is 19.8 Å². The van der Waals surface area contributed by atoms with E-state index in [0.717, 1.165) is 17.1 Å². The predicted octanol–water partition coefficient (Wildman–Crippen LogP) is 4.45. The van der Waals surface area contributed by atoms with Crippen LogP contribution in [0.25, 0.3) is 0 Å². The standard InChI is InChI=1S/C20H22Cl2N2O3S/c1-15-6-5-11-23(13-15)20(25)14-24(16-9-10-18(21)19(22)12-16)28(26,27)17-7-3-2-4-8-17/h2-4,7-10,12,15H,5-6,11,13-14H2,1H3/t15-/m1/s1. The zero-order valence-corrected chi connectivity index (χ0v) is 17.8. The van der Waals surface area contributed by atoms with Gasteiger partial charge in [-0.05, 0) is 49.1 Å². The van der Waals surface area contributed by atoms with Crippen LogP contribution in [0, 0.1) is 5.92 Å². The van der Waals surface area contributed by atoms with E-state index in [9.17, 15) is 13.2 Å². The Kier molecular flexibility index (Phi) is 6.53. The fraction of sp³-hybridized carbons (Fsp3) is 0.350. The van der Waals surface area contributed by atoms with Crippen molar-refractivity contribution in [3.8, 4) is 0 Å². The summed E-state index contributed by atoms with van der Waals surface area (Å²) < 4.78 is 27.7. The third-order valence-corrected chi connectivity index (χ3v) is 7.34. The van der Waals surface area contributed by atoms with Gasteiger partial charge in [0.05, 0.1) is 20.6 Å². The molecule has 2 aromatic carbocycles. The van der Waals surface area contributed by atoms with Gasteiger partial charge in [0.2, 0.25) is 5.91 Å². The normalized spacial score (nSPS) is 17.4. The number of benzene rings is 2. The molecule has 2 aromatic rings. The maximum Gasteiger partial charge on any atom is 0.264 e. The van der Waals surface area contributed by atoms with Crippen LogP contribution in [0.15, 0.2) is 53.4 Å². The van der Waals surface area contributed by atoms with Crippen molar-refractivity contribution in [3.63, 3.8) is 0 Å². The Labute approximate surface area is 175 Å². The van der Waals surface area contributed by atoms with Gasteiger partial charge in [0.25, 0.3) is 10.0 Å². The zero-order valence-electron chi connectivity index (χ0n) is 15.5. The van der Waals surface area contributed by atoms with Gasteiger partial charge in [0.1, 0.15) is 6.54 Å². The molecule has 0 bridgehead atoms. The van der Waals surface area contributed by atoms with Crippen molar-refractivity contribution in [2.24, 2.45) is 5.92 Å². The Morgan fingerprint density at radius 1 is 1.14 bits per heavy atom. The van der Waals surface area contributed by atoms with Crippen LogP contribution < -0.4 is 4.31 Å². The first-order valence-electron chi connectivity index (χ1n) is 9.09. The van der Waals surface area contributed by atoms with Crippen LogP contribution in [0.3, 0.4) is 0 Å². The number of nitrogens with zero attached hydrogens (tertiary/aromatic N) is 2. The van der Waals surface area contributed by atoms with E-state index in [2.05, 4.69) is 6.92 Å². The maximum atomic E-state index is 13.3. The van der Waals surface area contributed by atoms with E-state index in [1.54, 1.807) is 29.2 Å². The highest BCUT2D eigenvalue weighted by molar-refractivity contribution is 7.92. The lowest BCUT2D eigenvalue weighted by atomic mass is 10.0. The van der Waals surface area contributed by atoms with Crippen molar-refractivity contribution in [2.45, 2.75) is 24.7 Å². The maximum absolute atomic E-state index is 13.3. The molecule has 0 saturated carbocycles. The fourth-order valence-electron chi connectivity index (χ4n) is 3.31. The number of anilines is 1. The minimum absolute atomic E-state index is 0.112. The molecule has 1 heterocycles. The number of hydrogen-bond acceptors (Lipinski definition) is 3. The lowest BCUT2D eigenvalue weighted by molar-refractivity contribution is -0.131. The van der Waals surface area contributed by atoms with Crippen LogP contribution >= 0.6 is 23.2 Å². The summed E-state index contributed by atoms with van der Waals surface area (Å²) in [6.07, 6.45) is 1.99. The summed E-state index contributed by atoms with van der Waals surface area (Å²) in [5.74, 6) is 0.180. The third kappa shape index (κ3) is 4.62. The van der Waals surface area contributed by atoms with Crippen LogP contribution in [-0.2, 0) is 14.8 Å². The van der Waals surface area contributed by atoms with Gasteiger partial charge in [0.15, 0.2) is 0 Å². The van der Waals surface area contributed by atoms with Crippen molar-refractivity contribution >= 4 is 44.8 Å².